The van der Waals surface area contributed by atoms with E-state index in [-0.39, 0.29) is 17.6 Å². The molecule has 0 radical (unpaired) electrons. The summed E-state index contributed by atoms with van der Waals surface area (Å²) in [4.78, 5) is 14.5. The van der Waals surface area contributed by atoms with Gasteiger partial charge in [-0.2, -0.15) is 0 Å². The summed E-state index contributed by atoms with van der Waals surface area (Å²) in [5, 5.41) is 0. The van der Waals surface area contributed by atoms with Gasteiger partial charge in [0, 0.05) is 36.8 Å². The van der Waals surface area contributed by atoms with Crippen molar-refractivity contribution < 1.29 is 9.18 Å². The number of hydrogen-bond donors (Lipinski definition) is 2. The molecule has 0 saturated carbocycles. The smallest absolute Gasteiger partial charge is 0.234 e. The van der Waals surface area contributed by atoms with Crippen LogP contribution < -0.4 is 15.8 Å². The summed E-state index contributed by atoms with van der Waals surface area (Å²) in [5.74, 6) is -0.236. The molecule has 2 aromatic carbocycles. The number of benzene rings is 2. The van der Waals surface area contributed by atoms with Gasteiger partial charge in [-0.25, -0.2) is 4.39 Å². The summed E-state index contributed by atoms with van der Waals surface area (Å²) in [6.45, 7) is 2.46. The van der Waals surface area contributed by atoms with Gasteiger partial charge in [0.2, 0.25) is 5.91 Å². The summed E-state index contributed by atoms with van der Waals surface area (Å²) in [6.07, 6.45) is 0.651. The standard InChI is InChI=1S/C19H20FN3O/c20-18-4-2-1-3-16(18)17-9-10-23(19(17)24)15-7-5-13(6-8-15)14-11-21-22-12-14/h1-8,14,17,21-22H,9-12H2. The topological polar surface area (TPSA) is 44.4 Å². The molecule has 1 unspecified atom stereocenters. The van der Waals surface area contributed by atoms with Crippen molar-refractivity contribution in [2.45, 2.75) is 18.3 Å². The number of amides is 1. The van der Waals surface area contributed by atoms with Gasteiger partial charge in [0.1, 0.15) is 5.82 Å². The third kappa shape index (κ3) is 2.70. The molecule has 2 aromatic rings. The van der Waals surface area contributed by atoms with Crippen molar-refractivity contribution in [1.82, 2.24) is 10.9 Å². The molecule has 5 heteroatoms. The lowest BCUT2D eigenvalue weighted by molar-refractivity contribution is -0.118. The molecule has 1 amide bonds. The number of hydrazine groups is 1. The summed E-state index contributed by atoms with van der Waals surface area (Å²) in [6, 6.07) is 14.7. The van der Waals surface area contributed by atoms with E-state index < -0.39 is 0 Å². The number of nitrogens with one attached hydrogen (secondary N) is 2. The first-order valence-electron chi connectivity index (χ1n) is 8.35. The van der Waals surface area contributed by atoms with Crippen LogP contribution in [0.15, 0.2) is 48.5 Å². The summed E-state index contributed by atoms with van der Waals surface area (Å²) >= 11 is 0. The fraction of sp³-hybridized carbons (Fsp3) is 0.316. The number of hydrogen-bond acceptors (Lipinski definition) is 3. The third-order valence-corrected chi connectivity index (χ3v) is 4.98. The van der Waals surface area contributed by atoms with Gasteiger partial charge in [0.05, 0.1) is 5.92 Å². The first-order chi connectivity index (χ1) is 11.7. The zero-order valence-electron chi connectivity index (χ0n) is 13.3. The van der Waals surface area contributed by atoms with Crippen molar-refractivity contribution in [1.29, 1.82) is 0 Å². The third-order valence-electron chi connectivity index (χ3n) is 4.98. The van der Waals surface area contributed by atoms with Crippen molar-refractivity contribution in [3.63, 3.8) is 0 Å². The van der Waals surface area contributed by atoms with E-state index >= 15 is 0 Å². The van der Waals surface area contributed by atoms with Crippen molar-refractivity contribution in [2.75, 3.05) is 24.5 Å². The van der Waals surface area contributed by atoms with Crippen LogP contribution in [-0.2, 0) is 4.79 Å². The second-order valence-corrected chi connectivity index (χ2v) is 6.40. The van der Waals surface area contributed by atoms with E-state index in [1.54, 1.807) is 23.1 Å². The van der Waals surface area contributed by atoms with Crippen molar-refractivity contribution >= 4 is 11.6 Å². The monoisotopic (exact) mass is 325 g/mol. The highest BCUT2D eigenvalue weighted by Crippen LogP contribution is 2.33. The molecule has 2 aliphatic heterocycles. The summed E-state index contributed by atoms with van der Waals surface area (Å²) in [5.41, 5.74) is 8.91. The Balaban J connectivity index is 1.53. The van der Waals surface area contributed by atoms with Crippen molar-refractivity contribution in [3.05, 3.63) is 65.5 Å². The molecule has 24 heavy (non-hydrogen) atoms. The quantitative estimate of drug-likeness (QED) is 0.911. The second-order valence-electron chi connectivity index (χ2n) is 6.40. The van der Waals surface area contributed by atoms with Gasteiger partial charge >= 0.3 is 0 Å². The predicted octanol–water partition coefficient (Wildman–Crippen LogP) is 2.54. The lowest BCUT2D eigenvalue weighted by Gasteiger charge is -2.18. The highest BCUT2D eigenvalue weighted by molar-refractivity contribution is 6.00. The normalized spacial score (nSPS) is 21.6. The Hall–Kier alpha value is -2.24. The average Bonchev–Trinajstić information content (AvgIpc) is 3.26. The minimum atomic E-state index is -0.380. The number of carbonyl (C=O) groups excluding carboxylic acids is 1. The van der Waals surface area contributed by atoms with Crippen LogP contribution in [0.2, 0.25) is 0 Å². The minimum absolute atomic E-state index is 0.0166. The zero-order valence-corrected chi connectivity index (χ0v) is 13.3. The van der Waals surface area contributed by atoms with Crippen LogP contribution in [-0.4, -0.2) is 25.5 Å². The zero-order chi connectivity index (χ0) is 16.5. The van der Waals surface area contributed by atoms with E-state index in [9.17, 15) is 9.18 Å². The second kappa shape index (κ2) is 6.34. The number of halogens is 1. The molecule has 2 heterocycles. The van der Waals surface area contributed by atoms with E-state index in [0.717, 1.165) is 18.8 Å². The van der Waals surface area contributed by atoms with Crippen molar-refractivity contribution in [2.24, 2.45) is 0 Å². The molecular formula is C19H20FN3O. The number of anilines is 1. The Labute approximate surface area is 140 Å². The SMILES string of the molecule is O=C1C(c2ccccc2F)CCN1c1ccc(C2CNNC2)cc1. The Bertz CT molecular complexity index is 741. The number of carbonyl (C=O) groups is 1. The van der Waals surface area contributed by atoms with Gasteiger partial charge in [0.25, 0.3) is 0 Å². The highest BCUT2D eigenvalue weighted by Gasteiger charge is 2.35. The Kier molecular flexibility index (Phi) is 4.04. The van der Waals surface area contributed by atoms with Crippen LogP contribution in [0, 0.1) is 5.82 Å². The molecule has 2 saturated heterocycles. The van der Waals surface area contributed by atoms with Gasteiger partial charge in [-0.15, -0.1) is 0 Å². The largest absolute Gasteiger partial charge is 0.312 e. The maximum Gasteiger partial charge on any atom is 0.234 e. The Morgan fingerprint density at radius 1 is 1.00 bits per heavy atom. The summed E-state index contributed by atoms with van der Waals surface area (Å²) in [7, 11) is 0. The first kappa shape index (κ1) is 15.3. The van der Waals surface area contributed by atoms with E-state index in [0.29, 0.717) is 24.4 Å². The van der Waals surface area contributed by atoms with E-state index in [4.69, 9.17) is 0 Å². The molecule has 0 aromatic heterocycles. The molecule has 2 fully saturated rings. The van der Waals surface area contributed by atoms with Gasteiger partial charge in [0.15, 0.2) is 0 Å². The number of rotatable bonds is 3. The van der Waals surface area contributed by atoms with Gasteiger partial charge in [-0.3, -0.25) is 15.6 Å². The lowest BCUT2D eigenvalue weighted by Crippen LogP contribution is -2.26. The molecule has 4 nitrogen and oxygen atoms in total. The highest BCUT2D eigenvalue weighted by atomic mass is 19.1. The van der Waals surface area contributed by atoms with Crippen LogP contribution in [0.3, 0.4) is 0 Å². The molecule has 4 rings (SSSR count). The van der Waals surface area contributed by atoms with Crippen LogP contribution in [0.5, 0.6) is 0 Å². The van der Waals surface area contributed by atoms with E-state index in [1.165, 1.54) is 11.6 Å². The Morgan fingerprint density at radius 2 is 1.71 bits per heavy atom. The molecule has 0 aliphatic carbocycles. The van der Waals surface area contributed by atoms with E-state index in [1.807, 2.05) is 12.1 Å². The lowest BCUT2D eigenvalue weighted by atomic mass is 9.97. The fourth-order valence-electron chi connectivity index (χ4n) is 3.61. The molecular weight excluding hydrogens is 305 g/mol. The maximum absolute atomic E-state index is 14.0. The summed E-state index contributed by atoms with van der Waals surface area (Å²) < 4.78 is 14.0. The Morgan fingerprint density at radius 3 is 2.42 bits per heavy atom. The van der Waals surface area contributed by atoms with Gasteiger partial charge < -0.3 is 4.90 Å². The predicted molar refractivity (Wildman–Crippen MR) is 91.3 cm³/mol. The van der Waals surface area contributed by atoms with Crippen LogP contribution >= 0.6 is 0 Å². The van der Waals surface area contributed by atoms with Crippen LogP contribution in [0.1, 0.15) is 29.4 Å². The van der Waals surface area contributed by atoms with Crippen LogP contribution in [0.4, 0.5) is 10.1 Å². The van der Waals surface area contributed by atoms with Crippen LogP contribution in [0.25, 0.3) is 0 Å². The molecule has 124 valence electrons. The van der Waals surface area contributed by atoms with E-state index in [2.05, 4.69) is 23.0 Å². The molecule has 0 spiro atoms. The maximum atomic E-state index is 14.0. The molecule has 1 atom stereocenters. The van der Waals surface area contributed by atoms with Crippen molar-refractivity contribution in [3.8, 4) is 0 Å². The first-order valence-corrected chi connectivity index (χ1v) is 8.35. The molecule has 2 N–H and O–H groups in total. The minimum Gasteiger partial charge on any atom is -0.312 e. The average molecular weight is 325 g/mol. The van der Waals surface area contributed by atoms with Gasteiger partial charge in [-0.1, -0.05) is 30.3 Å². The molecule has 0 bridgehead atoms. The number of nitrogens with zero attached hydrogens (tertiary/aromatic N) is 1. The molecule has 2 aliphatic rings. The van der Waals surface area contributed by atoms with Gasteiger partial charge in [-0.05, 0) is 30.2 Å². The fourth-order valence-corrected chi connectivity index (χ4v) is 3.61.